The minimum absolute atomic E-state index is 0.201. The molecule has 0 amide bonds. The summed E-state index contributed by atoms with van der Waals surface area (Å²) in [4.78, 5) is 12.0. The number of esters is 1. The van der Waals surface area contributed by atoms with Crippen LogP contribution in [-0.4, -0.2) is 39.1 Å². The maximum absolute atomic E-state index is 13.1. The Labute approximate surface area is 119 Å². The Hall–Kier alpha value is -1.19. The minimum atomic E-state index is -5.08. The first-order chi connectivity index (χ1) is 9.28. The lowest BCUT2D eigenvalue weighted by Gasteiger charge is -2.14. The summed E-state index contributed by atoms with van der Waals surface area (Å²) in [6.45, 7) is -1.57. The fourth-order valence-corrected chi connectivity index (χ4v) is 2.22. The van der Waals surface area contributed by atoms with E-state index in [1.165, 1.54) is 0 Å². The first-order valence-electron chi connectivity index (χ1n) is 5.30. The van der Waals surface area contributed by atoms with Crippen LogP contribution in [0.25, 0.3) is 0 Å². The van der Waals surface area contributed by atoms with Crippen molar-refractivity contribution in [3.8, 4) is 0 Å². The standard InChI is InChI=1S/C11H12F2O5S2/c1-17-20(15,16)11(12,13)8-18-10(14)7-19-9-5-3-2-4-6-9/h2-6H,7-8H2,1H3. The Kier molecular flexibility index (Phi) is 5.90. The number of carbonyl (C=O) groups excluding carboxylic acids is 1. The lowest BCUT2D eigenvalue weighted by molar-refractivity contribution is -0.146. The van der Waals surface area contributed by atoms with Gasteiger partial charge in [0.1, 0.15) is 0 Å². The van der Waals surface area contributed by atoms with Crippen LogP contribution in [0.15, 0.2) is 35.2 Å². The van der Waals surface area contributed by atoms with Crippen LogP contribution in [0.1, 0.15) is 0 Å². The molecule has 0 aliphatic carbocycles. The Morgan fingerprint density at radius 3 is 2.45 bits per heavy atom. The van der Waals surface area contributed by atoms with Crippen molar-refractivity contribution < 1.29 is 30.9 Å². The van der Waals surface area contributed by atoms with Gasteiger partial charge < -0.3 is 4.74 Å². The third kappa shape index (κ3) is 4.73. The van der Waals surface area contributed by atoms with Crippen molar-refractivity contribution in [3.63, 3.8) is 0 Å². The molecule has 1 aromatic carbocycles. The van der Waals surface area contributed by atoms with Gasteiger partial charge in [0.2, 0.25) is 0 Å². The van der Waals surface area contributed by atoms with Crippen LogP contribution in [0, 0.1) is 0 Å². The zero-order valence-corrected chi connectivity index (χ0v) is 12.0. The number of rotatable bonds is 7. The third-order valence-corrected chi connectivity index (χ3v) is 4.36. The molecule has 1 rings (SSSR count). The maximum atomic E-state index is 13.1. The normalized spacial score (nSPS) is 12.2. The summed E-state index contributed by atoms with van der Waals surface area (Å²) in [6.07, 6.45) is 0. The average Bonchev–Trinajstić information content (AvgIpc) is 2.44. The summed E-state index contributed by atoms with van der Waals surface area (Å²) in [5.41, 5.74) is 0. The number of carbonyl (C=O) groups is 1. The van der Waals surface area contributed by atoms with Crippen molar-refractivity contribution in [2.75, 3.05) is 19.5 Å². The molecule has 9 heteroatoms. The highest BCUT2D eigenvalue weighted by Crippen LogP contribution is 2.24. The summed E-state index contributed by atoms with van der Waals surface area (Å²) in [6, 6.07) is 8.78. The Bertz CT molecular complexity index is 545. The first-order valence-corrected chi connectivity index (χ1v) is 7.69. The number of halogens is 2. The Morgan fingerprint density at radius 1 is 1.30 bits per heavy atom. The van der Waals surface area contributed by atoms with Gasteiger partial charge in [-0.1, -0.05) is 18.2 Å². The number of thioether (sulfide) groups is 1. The fraction of sp³-hybridized carbons (Fsp3) is 0.364. The lowest BCUT2D eigenvalue weighted by Crippen LogP contribution is -2.36. The van der Waals surface area contributed by atoms with Crippen molar-refractivity contribution in [2.45, 2.75) is 10.2 Å². The van der Waals surface area contributed by atoms with E-state index in [0.29, 0.717) is 7.11 Å². The molecule has 20 heavy (non-hydrogen) atoms. The van der Waals surface area contributed by atoms with Gasteiger partial charge >= 0.3 is 21.3 Å². The Morgan fingerprint density at radius 2 is 1.90 bits per heavy atom. The number of hydrogen-bond acceptors (Lipinski definition) is 6. The molecule has 0 unspecified atom stereocenters. The van der Waals surface area contributed by atoms with Crippen molar-refractivity contribution in [1.29, 1.82) is 0 Å². The van der Waals surface area contributed by atoms with Crippen molar-refractivity contribution in [3.05, 3.63) is 30.3 Å². The lowest BCUT2D eigenvalue weighted by atomic mass is 10.4. The summed E-state index contributed by atoms with van der Waals surface area (Å²) < 4.78 is 55.9. The zero-order chi connectivity index (χ0) is 15.2. The molecule has 0 N–H and O–H groups in total. The molecule has 0 heterocycles. The van der Waals surface area contributed by atoms with E-state index in [2.05, 4.69) is 8.92 Å². The summed E-state index contributed by atoms with van der Waals surface area (Å²) in [5.74, 6) is -1.14. The molecule has 1 aromatic rings. The second kappa shape index (κ2) is 7.00. The van der Waals surface area contributed by atoms with E-state index >= 15 is 0 Å². The van der Waals surface area contributed by atoms with Gasteiger partial charge in [0.15, 0.2) is 6.61 Å². The van der Waals surface area contributed by atoms with Crippen LogP contribution in [0.5, 0.6) is 0 Å². The van der Waals surface area contributed by atoms with Crippen LogP contribution in [0.4, 0.5) is 8.78 Å². The van der Waals surface area contributed by atoms with Gasteiger partial charge in [-0.15, -0.1) is 11.8 Å². The van der Waals surface area contributed by atoms with Crippen LogP contribution >= 0.6 is 11.8 Å². The average molecular weight is 326 g/mol. The van der Waals surface area contributed by atoms with Gasteiger partial charge in [-0.05, 0) is 12.1 Å². The third-order valence-electron chi connectivity index (χ3n) is 2.09. The second-order valence-corrected chi connectivity index (χ2v) is 6.41. The number of benzene rings is 1. The van der Waals surface area contributed by atoms with Gasteiger partial charge in [-0.2, -0.15) is 17.2 Å². The molecule has 0 atom stereocenters. The summed E-state index contributed by atoms with van der Waals surface area (Å²) in [5, 5.41) is -4.27. The van der Waals surface area contributed by atoms with Gasteiger partial charge in [-0.3, -0.25) is 8.98 Å². The van der Waals surface area contributed by atoms with E-state index in [0.717, 1.165) is 16.7 Å². The smallest absolute Gasteiger partial charge is 0.403 e. The first kappa shape index (κ1) is 16.9. The van der Waals surface area contributed by atoms with Crippen LogP contribution in [0.3, 0.4) is 0 Å². The van der Waals surface area contributed by atoms with Gasteiger partial charge in [0.25, 0.3) is 0 Å². The highest BCUT2D eigenvalue weighted by molar-refractivity contribution is 8.00. The predicted molar refractivity (Wildman–Crippen MR) is 69.0 cm³/mol. The molecule has 0 radical (unpaired) electrons. The summed E-state index contributed by atoms with van der Waals surface area (Å²) >= 11 is 1.09. The number of hydrogen-bond donors (Lipinski definition) is 0. The van der Waals surface area contributed by atoms with E-state index in [4.69, 9.17) is 0 Å². The predicted octanol–water partition coefficient (Wildman–Crippen LogP) is 1.89. The molecule has 0 aliphatic heterocycles. The monoisotopic (exact) mass is 326 g/mol. The SMILES string of the molecule is COS(=O)(=O)C(F)(F)COC(=O)CSc1ccccc1. The van der Waals surface area contributed by atoms with Crippen LogP contribution in [0.2, 0.25) is 0 Å². The number of alkyl halides is 2. The van der Waals surface area contributed by atoms with E-state index in [1.807, 2.05) is 0 Å². The van der Waals surface area contributed by atoms with E-state index in [9.17, 15) is 22.0 Å². The largest absolute Gasteiger partial charge is 0.457 e. The van der Waals surface area contributed by atoms with Crippen LogP contribution in [-0.2, 0) is 23.8 Å². The highest BCUT2D eigenvalue weighted by atomic mass is 32.2. The second-order valence-electron chi connectivity index (χ2n) is 3.52. The molecule has 0 saturated carbocycles. The summed E-state index contributed by atoms with van der Waals surface area (Å²) in [7, 11) is -4.47. The van der Waals surface area contributed by atoms with E-state index in [1.54, 1.807) is 30.3 Å². The van der Waals surface area contributed by atoms with E-state index in [-0.39, 0.29) is 5.75 Å². The fourth-order valence-electron chi connectivity index (χ4n) is 1.06. The molecular formula is C11H12F2O5S2. The zero-order valence-electron chi connectivity index (χ0n) is 10.4. The molecular weight excluding hydrogens is 314 g/mol. The molecule has 0 saturated heterocycles. The Balaban J connectivity index is 2.44. The molecule has 112 valence electrons. The highest BCUT2D eigenvalue weighted by Gasteiger charge is 2.47. The topological polar surface area (TPSA) is 69.7 Å². The maximum Gasteiger partial charge on any atom is 0.403 e. The quantitative estimate of drug-likeness (QED) is 0.433. The minimum Gasteiger partial charge on any atom is -0.457 e. The van der Waals surface area contributed by atoms with E-state index < -0.39 is 27.9 Å². The van der Waals surface area contributed by atoms with Gasteiger partial charge in [0, 0.05) is 4.90 Å². The van der Waals surface area contributed by atoms with Gasteiger partial charge in [0.05, 0.1) is 12.9 Å². The molecule has 0 aliphatic rings. The number of ether oxygens (including phenoxy) is 1. The molecule has 0 bridgehead atoms. The molecule has 0 fully saturated rings. The molecule has 0 spiro atoms. The van der Waals surface area contributed by atoms with Crippen LogP contribution < -0.4 is 0 Å². The molecule has 5 nitrogen and oxygen atoms in total. The molecule has 0 aromatic heterocycles. The van der Waals surface area contributed by atoms with Gasteiger partial charge in [-0.25, -0.2) is 0 Å². The van der Waals surface area contributed by atoms with Crippen molar-refractivity contribution in [1.82, 2.24) is 0 Å². The van der Waals surface area contributed by atoms with Crippen molar-refractivity contribution in [2.24, 2.45) is 0 Å². The van der Waals surface area contributed by atoms with Crippen molar-refractivity contribution >= 4 is 27.8 Å².